The molecule has 2 nitrogen and oxygen atoms in total. The average molecular weight is 292 g/mol. The largest absolute Gasteiger partial charge is 0.368 e. The summed E-state index contributed by atoms with van der Waals surface area (Å²) in [6, 6.07) is 5.87. The minimum atomic E-state index is -0.148. The van der Waals surface area contributed by atoms with Crippen LogP contribution in [-0.4, -0.2) is 18.1 Å². The molecule has 0 bridgehead atoms. The van der Waals surface area contributed by atoms with Gasteiger partial charge in [0.2, 0.25) is 0 Å². The van der Waals surface area contributed by atoms with Gasteiger partial charge in [0.15, 0.2) is 0 Å². The number of benzene rings is 1. The van der Waals surface area contributed by atoms with E-state index in [2.05, 4.69) is 44.8 Å². The van der Waals surface area contributed by atoms with Gasteiger partial charge >= 0.3 is 0 Å². The maximum Gasteiger partial charge on any atom is 0.123 e. The number of hydrogen-bond acceptors (Lipinski definition) is 2. The Hall–Kier alpha value is -1.09. The van der Waals surface area contributed by atoms with Gasteiger partial charge in [-0.25, -0.2) is 4.39 Å². The van der Waals surface area contributed by atoms with Crippen LogP contribution in [0.5, 0.6) is 0 Å². The van der Waals surface area contributed by atoms with Crippen LogP contribution in [-0.2, 0) is 6.54 Å². The molecule has 0 radical (unpaired) electrons. The van der Waals surface area contributed by atoms with E-state index >= 15 is 0 Å². The number of anilines is 1. The Bertz CT molecular complexity index is 473. The summed E-state index contributed by atoms with van der Waals surface area (Å²) in [5, 5.41) is 3.48. The first-order valence-electron chi connectivity index (χ1n) is 8.06. The normalized spacial score (nSPS) is 15.6. The van der Waals surface area contributed by atoms with Gasteiger partial charge in [0.25, 0.3) is 0 Å². The van der Waals surface area contributed by atoms with Crippen molar-refractivity contribution in [3.8, 4) is 0 Å². The smallest absolute Gasteiger partial charge is 0.123 e. The summed E-state index contributed by atoms with van der Waals surface area (Å²) in [6.07, 6.45) is 2.52. The SMILES string of the molecule is CC(C)CN(c1ccc(F)cc1CNC(C)(C)C)C1CC1. The van der Waals surface area contributed by atoms with E-state index in [1.807, 2.05) is 6.07 Å². The molecule has 21 heavy (non-hydrogen) atoms. The lowest BCUT2D eigenvalue weighted by Crippen LogP contribution is -2.36. The maximum atomic E-state index is 13.7. The molecule has 1 fully saturated rings. The zero-order valence-electron chi connectivity index (χ0n) is 14.0. The molecule has 1 aliphatic carbocycles. The standard InChI is InChI=1S/C18H29FN2/c1-13(2)12-21(16-7-8-16)17-9-6-15(19)10-14(17)11-20-18(3,4)5/h6,9-10,13,16,20H,7-8,11-12H2,1-5H3. The number of rotatable bonds is 6. The molecule has 1 aromatic carbocycles. The molecule has 118 valence electrons. The first-order chi connectivity index (χ1) is 9.76. The van der Waals surface area contributed by atoms with Crippen LogP contribution in [0.2, 0.25) is 0 Å². The fourth-order valence-corrected chi connectivity index (χ4v) is 2.56. The number of halogens is 1. The number of nitrogens with zero attached hydrogens (tertiary/aromatic N) is 1. The van der Waals surface area contributed by atoms with Crippen LogP contribution in [0.15, 0.2) is 18.2 Å². The van der Waals surface area contributed by atoms with Gasteiger partial charge in [-0.15, -0.1) is 0 Å². The van der Waals surface area contributed by atoms with E-state index in [9.17, 15) is 4.39 Å². The molecule has 0 unspecified atom stereocenters. The summed E-state index contributed by atoms with van der Waals surface area (Å²) >= 11 is 0. The van der Waals surface area contributed by atoms with Gasteiger partial charge in [-0.3, -0.25) is 0 Å². The first kappa shape index (κ1) is 16.3. The van der Waals surface area contributed by atoms with Gasteiger partial charge in [0.1, 0.15) is 5.82 Å². The summed E-state index contributed by atoms with van der Waals surface area (Å²) in [5.41, 5.74) is 2.30. The zero-order chi connectivity index (χ0) is 15.6. The van der Waals surface area contributed by atoms with Crippen molar-refractivity contribution in [2.45, 2.75) is 65.6 Å². The topological polar surface area (TPSA) is 15.3 Å². The van der Waals surface area contributed by atoms with Crippen molar-refractivity contribution in [3.63, 3.8) is 0 Å². The number of nitrogens with one attached hydrogen (secondary N) is 1. The van der Waals surface area contributed by atoms with E-state index in [-0.39, 0.29) is 11.4 Å². The molecule has 0 heterocycles. The van der Waals surface area contributed by atoms with Crippen molar-refractivity contribution < 1.29 is 4.39 Å². The van der Waals surface area contributed by atoms with Crippen LogP contribution < -0.4 is 10.2 Å². The lowest BCUT2D eigenvalue weighted by Gasteiger charge is -2.30. The Kier molecular flexibility index (Phi) is 4.92. The summed E-state index contributed by atoms with van der Waals surface area (Å²) in [6.45, 7) is 12.6. The molecule has 3 heteroatoms. The molecule has 1 saturated carbocycles. The van der Waals surface area contributed by atoms with Crippen molar-refractivity contribution in [3.05, 3.63) is 29.6 Å². The monoisotopic (exact) mass is 292 g/mol. The Morgan fingerprint density at radius 3 is 2.48 bits per heavy atom. The van der Waals surface area contributed by atoms with Crippen molar-refractivity contribution in [2.75, 3.05) is 11.4 Å². The van der Waals surface area contributed by atoms with E-state index in [0.717, 1.165) is 12.1 Å². The Labute approximate surface area is 128 Å². The van der Waals surface area contributed by atoms with Crippen LogP contribution in [0.25, 0.3) is 0 Å². The molecule has 0 atom stereocenters. The minimum Gasteiger partial charge on any atom is -0.368 e. The average Bonchev–Trinajstić information content (AvgIpc) is 3.17. The predicted octanol–water partition coefficient (Wildman–Crippen LogP) is 4.34. The third-order valence-electron chi connectivity index (χ3n) is 3.71. The quantitative estimate of drug-likeness (QED) is 0.839. The van der Waals surface area contributed by atoms with Gasteiger partial charge in [-0.05, 0) is 63.3 Å². The molecular weight excluding hydrogens is 263 g/mol. The highest BCUT2D eigenvalue weighted by Crippen LogP contribution is 2.34. The van der Waals surface area contributed by atoms with Crippen LogP contribution in [0.4, 0.5) is 10.1 Å². The molecule has 0 amide bonds. The second-order valence-corrected chi connectivity index (χ2v) is 7.65. The molecular formula is C18H29FN2. The van der Waals surface area contributed by atoms with Crippen LogP contribution >= 0.6 is 0 Å². The van der Waals surface area contributed by atoms with E-state index in [4.69, 9.17) is 0 Å². The van der Waals surface area contributed by atoms with Gasteiger partial charge in [-0.1, -0.05) is 13.8 Å². The molecule has 0 aliphatic heterocycles. The summed E-state index contributed by atoms with van der Waals surface area (Å²) in [7, 11) is 0. The molecule has 0 saturated heterocycles. The molecule has 0 aromatic heterocycles. The van der Waals surface area contributed by atoms with Crippen molar-refractivity contribution >= 4 is 5.69 Å². The fraction of sp³-hybridized carbons (Fsp3) is 0.667. The molecule has 2 rings (SSSR count). The third kappa shape index (κ3) is 4.99. The highest BCUT2D eigenvalue weighted by Gasteiger charge is 2.30. The zero-order valence-corrected chi connectivity index (χ0v) is 14.0. The van der Waals surface area contributed by atoms with Gasteiger partial charge in [0, 0.05) is 30.4 Å². The van der Waals surface area contributed by atoms with Crippen LogP contribution in [0, 0.1) is 11.7 Å². The number of hydrogen-bond donors (Lipinski definition) is 1. The lowest BCUT2D eigenvalue weighted by atomic mass is 10.1. The van der Waals surface area contributed by atoms with E-state index in [1.54, 1.807) is 12.1 Å². The lowest BCUT2D eigenvalue weighted by molar-refractivity contribution is 0.423. The predicted molar refractivity (Wildman–Crippen MR) is 88.2 cm³/mol. The molecule has 1 aromatic rings. The summed E-state index contributed by atoms with van der Waals surface area (Å²) in [5.74, 6) is 0.462. The highest BCUT2D eigenvalue weighted by atomic mass is 19.1. The van der Waals surface area contributed by atoms with E-state index in [1.165, 1.54) is 18.5 Å². The molecule has 1 N–H and O–H groups in total. The Morgan fingerprint density at radius 1 is 1.29 bits per heavy atom. The molecule has 1 aliphatic rings. The Balaban J connectivity index is 2.23. The van der Waals surface area contributed by atoms with Gasteiger partial charge in [0.05, 0.1) is 0 Å². The summed E-state index contributed by atoms with van der Waals surface area (Å²) < 4.78 is 13.7. The maximum absolute atomic E-state index is 13.7. The second kappa shape index (κ2) is 6.35. The van der Waals surface area contributed by atoms with Crippen LogP contribution in [0.1, 0.15) is 53.0 Å². The van der Waals surface area contributed by atoms with Crippen molar-refractivity contribution in [1.29, 1.82) is 0 Å². The van der Waals surface area contributed by atoms with Crippen LogP contribution in [0.3, 0.4) is 0 Å². The fourth-order valence-electron chi connectivity index (χ4n) is 2.56. The second-order valence-electron chi connectivity index (χ2n) is 7.65. The van der Waals surface area contributed by atoms with E-state index < -0.39 is 0 Å². The van der Waals surface area contributed by atoms with Gasteiger partial charge in [-0.2, -0.15) is 0 Å². The van der Waals surface area contributed by atoms with Gasteiger partial charge < -0.3 is 10.2 Å². The molecule has 0 spiro atoms. The Morgan fingerprint density at radius 2 is 1.95 bits per heavy atom. The van der Waals surface area contributed by atoms with E-state index in [0.29, 0.717) is 18.5 Å². The van der Waals surface area contributed by atoms with Crippen molar-refractivity contribution in [1.82, 2.24) is 5.32 Å². The third-order valence-corrected chi connectivity index (χ3v) is 3.71. The highest BCUT2D eigenvalue weighted by molar-refractivity contribution is 5.55. The minimum absolute atomic E-state index is 0.0338. The summed E-state index contributed by atoms with van der Waals surface area (Å²) in [4.78, 5) is 2.48. The first-order valence-corrected chi connectivity index (χ1v) is 8.06. The van der Waals surface area contributed by atoms with Crippen molar-refractivity contribution in [2.24, 2.45) is 5.92 Å².